The number of phenols is 2. The lowest BCUT2D eigenvalue weighted by Gasteiger charge is -2.37. The minimum absolute atomic E-state index is 0.00205. The van der Waals surface area contributed by atoms with Gasteiger partial charge in [0.2, 0.25) is 0 Å². The average Bonchev–Trinajstić information content (AvgIpc) is 2.38. The summed E-state index contributed by atoms with van der Waals surface area (Å²) in [4.78, 5) is 13.1. The quantitative estimate of drug-likeness (QED) is 0.779. The summed E-state index contributed by atoms with van der Waals surface area (Å²) < 4.78 is 0. The van der Waals surface area contributed by atoms with Gasteiger partial charge in [0.05, 0.1) is 5.56 Å². The van der Waals surface area contributed by atoms with Crippen LogP contribution in [0, 0.1) is 0 Å². The van der Waals surface area contributed by atoms with Crippen molar-refractivity contribution < 1.29 is 20.1 Å². The van der Waals surface area contributed by atoms with E-state index in [-0.39, 0.29) is 17.5 Å². The normalized spacial score (nSPS) is 22.1. The maximum Gasteiger partial charge on any atom is 0.320 e. The number of piperidine rings is 1. The van der Waals surface area contributed by atoms with Crippen molar-refractivity contribution in [3.05, 3.63) is 23.8 Å². The highest BCUT2D eigenvalue weighted by Gasteiger charge is 2.33. The van der Waals surface area contributed by atoms with Crippen molar-refractivity contribution in [2.45, 2.75) is 38.3 Å². The van der Waals surface area contributed by atoms with Crippen LogP contribution in [0.4, 0.5) is 0 Å². The van der Waals surface area contributed by atoms with Crippen LogP contribution in [0.15, 0.2) is 18.2 Å². The lowest BCUT2D eigenvalue weighted by atomic mass is 9.96. The summed E-state index contributed by atoms with van der Waals surface area (Å²) in [6.45, 7) is 2.47. The molecule has 2 unspecified atom stereocenters. The maximum absolute atomic E-state index is 11.3. The van der Waals surface area contributed by atoms with Gasteiger partial charge in [-0.3, -0.25) is 9.69 Å². The Labute approximate surface area is 112 Å². The molecule has 1 heterocycles. The molecule has 0 amide bonds. The summed E-state index contributed by atoms with van der Waals surface area (Å²) in [5.74, 6) is -0.842. The maximum atomic E-state index is 11.3. The molecule has 0 radical (unpaired) electrons. The Morgan fingerprint density at radius 2 is 1.95 bits per heavy atom. The highest BCUT2D eigenvalue weighted by Crippen LogP contribution is 2.38. The van der Waals surface area contributed by atoms with Crippen molar-refractivity contribution in [3.63, 3.8) is 0 Å². The van der Waals surface area contributed by atoms with Crippen LogP contribution in [0.5, 0.6) is 11.5 Å². The minimum atomic E-state index is -0.846. The zero-order chi connectivity index (χ0) is 14.0. The number of hydrogen-bond acceptors (Lipinski definition) is 4. The molecule has 2 rings (SSSR count). The van der Waals surface area contributed by atoms with E-state index in [0.29, 0.717) is 18.5 Å². The molecule has 5 nitrogen and oxygen atoms in total. The lowest BCUT2D eigenvalue weighted by Crippen LogP contribution is -2.45. The fraction of sp³-hybridized carbons (Fsp3) is 0.500. The third-order valence-electron chi connectivity index (χ3n) is 3.80. The van der Waals surface area contributed by atoms with Gasteiger partial charge in [0, 0.05) is 6.04 Å². The van der Waals surface area contributed by atoms with E-state index in [1.807, 2.05) is 11.8 Å². The van der Waals surface area contributed by atoms with Crippen molar-refractivity contribution in [2.75, 3.05) is 6.54 Å². The smallest absolute Gasteiger partial charge is 0.320 e. The second-order valence-corrected chi connectivity index (χ2v) is 4.97. The first-order valence-corrected chi connectivity index (χ1v) is 6.51. The number of carboxylic acid groups (broad SMARTS) is 1. The molecule has 5 heteroatoms. The van der Waals surface area contributed by atoms with Crippen molar-refractivity contribution in [1.29, 1.82) is 0 Å². The highest BCUT2D eigenvalue weighted by atomic mass is 16.4. The van der Waals surface area contributed by atoms with Crippen LogP contribution in [0.2, 0.25) is 0 Å². The second-order valence-electron chi connectivity index (χ2n) is 4.97. The molecular weight excluding hydrogens is 246 g/mol. The van der Waals surface area contributed by atoms with Crippen LogP contribution < -0.4 is 0 Å². The zero-order valence-corrected chi connectivity index (χ0v) is 10.9. The fourth-order valence-electron chi connectivity index (χ4n) is 2.82. The predicted octanol–water partition coefficient (Wildman–Crippen LogP) is 2.10. The van der Waals surface area contributed by atoms with Gasteiger partial charge < -0.3 is 15.3 Å². The summed E-state index contributed by atoms with van der Waals surface area (Å²) in [5.41, 5.74) is 0.399. The van der Waals surface area contributed by atoms with Gasteiger partial charge in [-0.25, -0.2) is 0 Å². The van der Waals surface area contributed by atoms with Gasteiger partial charge in [0.1, 0.15) is 17.5 Å². The molecular formula is C14H19NO4. The Morgan fingerprint density at radius 1 is 1.32 bits per heavy atom. The van der Waals surface area contributed by atoms with E-state index in [9.17, 15) is 20.1 Å². The van der Waals surface area contributed by atoms with Crippen LogP contribution >= 0.6 is 0 Å². The fourth-order valence-corrected chi connectivity index (χ4v) is 2.82. The first-order chi connectivity index (χ1) is 9.02. The number of rotatable bonds is 3. The molecule has 1 fully saturated rings. The first-order valence-electron chi connectivity index (χ1n) is 6.51. The molecule has 1 aromatic rings. The van der Waals surface area contributed by atoms with Crippen molar-refractivity contribution in [1.82, 2.24) is 4.90 Å². The van der Waals surface area contributed by atoms with Crippen LogP contribution in [0.1, 0.15) is 37.8 Å². The Hall–Kier alpha value is -1.75. The number of aliphatic carboxylic acids is 1. The minimum Gasteiger partial charge on any atom is -0.507 e. The number of carboxylic acids is 1. The SMILES string of the molecule is CC(c1c(O)cccc1O)N1CCCCC1C(=O)O. The average molecular weight is 265 g/mol. The number of phenolic OH excluding ortho intramolecular Hbond substituents is 2. The predicted molar refractivity (Wildman–Crippen MR) is 70.2 cm³/mol. The highest BCUT2D eigenvalue weighted by molar-refractivity contribution is 5.73. The van der Waals surface area contributed by atoms with Crippen molar-refractivity contribution in [3.8, 4) is 11.5 Å². The molecule has 104 valence electrons. The summed E-state index contributed by atoms with van der Waals surface area (Å²) in [6, 6.07) is 3.69. The monoisotopic (exact) mass is 265 g/mol. The lowest BCUT2D eigenvalue weighted by molar-refractivity contribution is -0.145. The van der Waals surface area contributed by atoms with Gasteiger partial charge in [-0.1, -0.05) is 12.5 Å². The molecule has 19 heavy (non-hydrogen) atoms. The van der Waals surface area contributed by atoms with Gasteiger partial charge in [-0.15, -0.1) is 0 Å². The van der Waals surface area contributed by atoms with E-state index in [0.717, 1.165) is 12.8 Å². The van der Waals surface area contributed by atoms with Gasteiger partial charge in [0.25, 0.3) is 0 Å². The summed E-state index contributed by atoms with van der Waals surface area (Å²) in [6.07, 6.45) is 2.43. The molecule has 0 saturated carbocycles. The first kappa shape index (κ1) is 13.7. The van der Waals surface area contributed by atoms with Gasteiger partial charge in [-0.2, -0.15) is 0 Å². The third-order valence-corrected chi connectivity index (χ3v) is 3.80. The number of hydrogen-bond donors (Lipinski definition) is 3. The molecule has 0 bridgehead atoms. The standard InChI is InChI=1S/C14H19NO4/c1-9(13-11(16)6-4-7-12(13)17)15-8-3-2-5-10(15)14(18)19/h4,6-7,9-10,16-17H,2-3,5,8H2,1H3,(H,18,19). The van der Waals surface area contributed by atoms with Gasteiger partial charge >= 0.3 is 5.97 Å². The van der Waals surface area contributed by atoms with Crippen LogP contribution in [-0.2, 0) is 4.79 Å². The van der Waals surface area contributed by atoms with E-state index in [1.165, 1.54) is 12.1 Å². The van der Waals surface area contributed by atoms with Gasteiger partial charge in [-0.05, 0) is 38.4 Å². The van der Waals surface area contributed by atoms with E-state index in [2.05, 4.69) is 0 Å². The Morgan fingerprint density at radius 3 is 2.53 bits per heavy atom. The third kappa shape index (κ3) is 2.66. The molecule has 0 spiro atoms. The summed E-state index contributed by atoms with van der Waals surface area (Å²) in [5, 5.41) is 29.0. The zero-order valence-electron chi connectivity index (χ0n) is 10.9. The molecule has 1 saturated heterocycles. The molecule has 1 aromatic carbocycles. The molecule has 0 aromatic heterocycles. The molecule has 2 atom stereocenters. The molecule has 1 aliphatic heterocycles. The van der Waals surface area contributed by atoms with Gasteiger partial charge in [0.15, 0.2) is 0 Å². The Balaban J connectivity index is 2.31. The largest absolute Gasteiger partial charge is 0.507 e. The van der Waals surface area contributed by atoms with E-state index in [4.69, 9.17) is 0 Å². The summed E-state index contributed by atoms with van der Waals surface area (Å²) in [7, 11) is 0. The second kappa shape index (κ2) is 5.48. The van der Waals surface area contributed by atoms with Crippen molar-refractivity contribution >= 4 is 5.97 Å². The van der Waals surface area contributed by atoms with Crippen molar-refractivity contribution in [2.24, 2.45) is 0 Å². The number of aromatic hydroxyl groups is 2. The summed E-state index contributed by atoms with van der Waals surface area (Å²) >= 11 is 0. The van der Waals surface area contributed by atoms with E-state index < -0.39 is 12.0 Å². The number of likely N-dealkylation sites (tertiary alicyclic amines) is 1. The van der Waals surface area contributed by atoms with Crippen LogP contribution in [-0.4, -0.2) is 38.8 Å². The van der Waals surface area contributed by atoms with Crippen LogP contribution in [0.3, 0.4) is 0 Å². The van der Waals surface area contributed by atoms with E-state index in [1.54, 1.807) is 6.07 Å². The molecule has 3 N–H and O–H groups in total. The Bertz CT molecular complexity index is 454. The number of benzene rings is 1. The number of nitrogens with zero attached hydrogens (tertiary/aromatic N) is 1. The molecule has 1 aliphatic rings. The molecule has 0 aliphatic carbocycles. The number of carbonyl (C=O) groups is 1. The Kier molecular flexibility index (Phi) is 3.95. The topological polar surface area (TPSA) is 81.0 Å². The van der Waals surface area contributed by atoms with Crippen LogP contribution in [0.25, 0.3) is 0 Å². The van der Waals surface area contributed by atoms with E-state index >= 15 is 0 Å².